The number of esters is 3. The van der Waals surface area contributed by atoms with Crippen molar-refractivity contribution in [3.63, 3.8) is 0 Å². The molecule has 0 saturated heterocycles. The fourth-order valence-electron chi connectivity index (χ4n) is 8.46. The van der Waals surface area contributed by atoms with Crippen LogP contribution in [0.3, 0.4) is 0 Å². The minimum Gasteiger partial charge on any atom is -0.462 e. The molecule has 0 saturated carbocycles. The quantitative estimate of drug-likeness (QED) is 0.0261. The maximum Gasteiger partial charge on any atom is 0.306 e. The molecule has 0 radical (unpaired) electrons. The summed E-state index contributed by atoms with van der Waals surface area (Å²) < 4.78 is 16.9. The first-order valence-corrected chi connectivity index (χ1v) is 31.4. The van der Waals surface area contributed by atoms with Gasteiger partial charge >= 0.3 is 17.9 Å². The molecule has 0 N–H and O–H groups in total. The van der Waals surface area contributed by atoms with Crippen LogP contribution in [0.4, 0.5) is 0 Å². The summed E-state index contributed by atoms with van der Waals surface area (Å²) in [6, 6.07) is 0. The zero-order chi connectivity index (χ0) is 54.3. The molecule has 75 heavy (non-hydrogen) atoms. The number of ether oxygens (including phenoxy) is 3. The number of allylic oxidation sites excluding steroid dienone is 18. The van der Waals surface area contributed by atoms with Gasteiger partial charge in [-0.2, -0.15) is 0 Å². The van der Waals surface area contributed by atoms with E-state index in [1.165, 1.54) is 128 Å². The van der Waals surface area contributed by atoms with Gasteiger partial charge in [0.2, 0.25) is 0 Å². The topological polar surface area (TPSA) is 78.9 Å². The predicted molar refractivity (Wildman–Crippen MR) is 325 cm³/mol. The van der Waals surface area contributed by atoms with Crippen molar-refractivity contribution in [1.82, 2.24) is 0 Å². The SMILES string of the molecule is CCCCC/C=C\C/C=C\C/C=C\CCCCCCCCC(=O)OCC(COC(=O)CCCCCCCC/C=C\C/C=C\C/C=C\CCCCC)OC(=O)CCCCCCCC/C=C\C/C=C\C/C=C\CCCCC. The second-order valence-electron chi connectivity index (χ2n) is 20.6. The summed E-state index contributed by atoms with van der Waals surface area (Å²) in [5, 5.41) is 0. The molecule has 0 aromatic rings. The highest BCUT2D eigenvalue weighted by Crippen LogP contribution is 2.14. The summed E-state index contributed by atoms with van der Waals surface area (Å²) in [6.07, 6.45) is 85.0. The van der Waals surface area contributed by atoms with Crippen LogP contribution in [0, 0.1) is 0 Å². The Hall–Kier alpha value is -3.93. The Morgan fingerprint density at radius 1 is 0.267 bits per heavy atom. The average molecular weight is 1040 g/mol. The molecule has 0 spiro atoms. The number of unbranched alkanes of at least 4 members (excludes halogenated alkanes) is 27. The van der Waals surface area contributed by atoms with Crippen molar-refractivity contribution in [2.24, 2.45) is 0 Å². The van der Waals surface area contributed by atoms with Gasteiger partial charge in [-0.25, -0.2) is 0 Å². The average Bonchev–Trinajstić information content (AvgIpc) is 3.41. The first-order chi connectivity index (χ1) is 37.0. The van der Waals surface area contributed by atoms with E-state index in [-0.39, 0.29) is 31.1 Å². The molecule has 0 aromatic heterocycles. The first-order valence-electron chi connectivity index (χ1n) is 31.4. The second-order valence-corrected chi connectivity index (χ2v) is 20.6. The van der Waals surface area contributed by atoms with Crippen molar-refractivity contribution >= 4 is 17.9 Å². The molecule has 0 aliphatic rings. The minimum absolute atomic E-state index is 0.0959. The van der Waals surface area contributed by atoms with Gasteiger partial charge < -0.3 is 14.2 Å². The molecule has 0 aromatic carbocycles. The smallest absolute Gasteiger partial charge is 0.306 e. The Bertz CT molecular complexity index is 1450. The molecule has 0 heterocycles. The Labute approximate surface area is 463 Å². The molecule has 0 bridgehead atoms. The number of hydrogen-bond acceptors (Lipinski definition) is 6. The third-order valence-corrected chi connectivity index (χ3v) is 13.2. The van der Waals surface area contributed by atoms with Gasteiger partial charge in [0.05, 0.1) is 0 Å². The van der Waals surface area contributed by atoms with Gasteiger partial charge in [-0.1, -0.05) is 246 Å². The van der Waals surface area contributed by atoms with E-state index in [4.69, 9.17) is 14.2 Å². The molecule has 0 aliphatic heterocycles. The second kappa shape index (κ2) is 62.6. The highest BCUT2D eigenvalue weighted by molar-refractivity contribution is 5.71. The van der Waals surface area contributed by atoms with E-state index in [9.17, 15) is 14.4 Å². The third-order valence-electron chi connectivity index (χ3n) is 13.2. The Balaban J connectivity index is 4.48. The molecule has 0 aliphatic carbocycles. The summed E-state index contributed by atoms with van der Waals surface area (Å²) in [7, 11) is 0. The zero-order valence-electron chi connectivity index (χ0n) is 49.0. The van der Waals surface area contributed by atoms with Crippen LogP contribution in [-0.2, 0) is 28.6 Å². The van der Waals surface area contributed by atoms with Crippen LogP contribution in [0.2, 0.25) is 0 Å². The highest BCUT2D eigenvalue weighted by Gasteiger charge is 2.19. The largest absolute Gasteiger partial charge is 0.462 e. The summed E-state index contributed by atoms with van der Waals surface area (Å²) in [4.78, 5) is 38.3. The van der Waals surface area contributed by atoms with Gasteiger partial charge in [0.15, 0.2) is 6.10 Å². The maximum atomic E-state index is 12.9. The molecule has 0 atom stereocenters. The van der Waals surface area contributed by atoms with Gasteiger partial charge in [-0.05, 0) is 135 Å². The van der Waals surface area contributed by atoms with Crippen molar-refractivity contribution < 1.29 is 28.6 Å². The van der Waals surface area contributed by atoms with E-state index >= 15 is 0 Å². The van der Waals surface area contributed by atoms with E-state index in [0.717, 1.165) is 122 Å². The summed E-state index contributed by atoms with van der Waals surface area (Å²) >= 11 is 0. The van der Waals surface area contributed by atoms with Crippen molar-refractivity contribution in [1.29, 1.82) is 0 Å². The maximum absolute atomic E-state index is 12.9. The fourth-order valence-corrected chi connectivity index (χ4v) is 8.46. The monoisotopic (exact) mass is 1040 g/mol. The van der Waals surface area contributed by atoms with Crippen LogP contribution in [0.5, 0.6) is 0 Å². The molecule has 0 rings (SSSR count). The van der Waals surface area contributed by atoms with Gasteiger partial charge in [-0.3, -0.25) is 14.4 Å². The summed E-state index contributed by atoms with van der Waals surface area (Å²) in [6.45, 7) is 6.54. The molecule has 6 heteroatoms. The molecule has 0 fully saturated rings. The van der Waals surface area contributed by atoms with Crippen LogP contribution >= 0.6 is 0 Å². The standard InChI is InChI=1S/C69H116O6/c1-4-7-10-13-16-19-22-25-28-31-34-37-40-43-46-49-52-55-58-61-67(70)73-64-66(75-69(72)63-60-57-54-51-48-45-42-39-36-33-30-27-24-21-18-15-12-9-6-3)65-74-68(71)62-59-56-53-50-47-44-41-38-35-32-29-26-23-20-17-14-11-8-5-2/h16-21,25-30,34-39,66H,4-15,22-24,31-33,40-65H2,1-3H3/b19-16-,20-17-,21-18-,28-25-,29-26-,30-27-,37-34-,38-35-,39-36-. The number of carbonyl (C=O) groups is 3. The fraction of sp³-hybridized carbons (Fsp3) is 0.696. The van der Waals surface area contributed by atoms with Crippen LogP contribution in [0.1, 0.15) is 290 Å². The molecule has 6 nitrogen and oxygen atoms in total. The lowest BCUT2D eigenvalue weighted by Crippen LogP contribution is -2.30. The minimum atomic E-state index is -0.800. The van der Waals surface area contributed by atoms with E-state index in [0.29, 0.717) is 19.3 Å². The Morgan fingerprint density at radius 2 is 0.480 bits per heavy atom. The van der Waals surface area contributed by atoms with Gasteiger partial charge in [-0.15, -0.1) is 0 Å². The molecular weight excluding hydrogens is 925 g/mol. The van der Waals surface area contributed by atoms with Crippen LogP contribution in [-0.4, -0.2) is 37.2 Å². The van der Waals surface area contributed by atoms with E-state index < -0.39 is 6.10 Å². The molecular formula is C69H116O6. The number of hydrogen-bond donors (Lipinski definition) is 0. The Kier molecular flexibility index (Phi) is 59.3. The van der Waals surface area contributed by atoms with Crippen LogP contribution in [0.25, 0.3) is 0 Å². The van der Waals surface area contributed by atoms with Crippen molar-refractivity contribution in [3.05, 3.63) is 109 Å². The lowest BCUT2D eigenvalue weighted by atomic mass is 10.1. The van der Waals surface area contributed by atoms with Gasteiger partial charge in [0.25, 0.3) is 0 Å². The van der Waals surface area contributed by atoms with Gasteiger partial charge in [0, 0.05) is 19.3 Å². The van der Waals surface area contributed by atoms with Crippen LogP contribution in [0.15, 0.2) is 109 Å². The first kappa shape index (κ1) is 71.1. The van der Waals surface area contributed by atoms with E-state index in [1.807, 2.05) is 0 Å². The van der Waals surface area contributed by atoms with Crippen molar-refractivity contribution in [2.75, 3.05) is 13.2 Å². The number of carbonyl (C=O) groups excluding carboxylic acids is 3. The zero-order valence-corrected chi connectivity index (χ0v) is 49.0. The normalized spacial score (nSPS) is 12.5. The summed E-state index contributed by atoms with van der Waals surface area (Å²) in [5.74, 6) is -0.927. The van der Waals surface area contributed by atoms with Crippen molar-refractivity contribution in [3.8, 4) is 0 Å². The lowest BCUT2D eigenvalue weighted by Gasteiger charge is -2.18. The highest BCUT2D eigenvalue weighted by atomic mass is 16.6. The predicted octanol–water partition coefficient (Wildman–Crippen LogP) is 21.4. The molecule has 0 amide bonds. The molecule has 0 unspecified atom stereocenters. The van der Waals surface area contributed by atoms with Crippen molar-refractivity contribution in [2.45, 2.75) is 297 Å². The summed E-state index contributed by atoms with van der Waals surface area (Å²) in [5.41, 5.74) is 0. The van der Waals surface area contributed by atoms with E-state index in [1.54, 1.807) is 0 Å². The lowest BCUT2D eigenvalue weighted by molar-refractivity contribution is -0.167. The van der Waals surface area contributed by atoms with Gasteiger partial charge in [0.1, 0.15) is 13.2 Å². The molecule has 428 valence electrons. The third kappa shape index (κ3) is 60.8. The van der Waals surface area contributed by atoms with E-state index in [2.05, 4.69) is 130 Å². The van der Waals surface area contributed by atoms with Crippen LogP contribution < -0.4 is 0 Å². The Morgan fingerprint density at radius 3 is 0.747 bits per heavy atom. The number of rotatable bonds is 56.